The quantitative estimate of drug-likeness (QED) is 0.863. The van der Waals surface area contributed by atoms with E-state index in [0.29, 0.717) is 11.5 Å². The number of rotatable bonds is 3. The van der Waals surface area contributed by atoms with Gasteiger partial charge in [0.05, 0.1) is 19.9 Å². The highest BCUT2D eigenvalue weighted by Gasteiger charge is 2.07. The molecule has 0 saturated heterocycles. The third-order valence-corrected chi connectivity index (χ3v) is 2.65. The summed E-state index contributed by atoms with van der Waals surface area (Å²) >= 11 is 0. The van der Waals surface area contributed by atoms with Gasteiger partial charge in [-0.15, -0.1) is 0 Å². The molecule has 0 atom stereocenters. The number of H-pyrrole nitrogens is 1. The van der Waals surface area contributed by atoms with Crippen LogP contribution in [-0.2, 0) is 0 Å². The molecule has 0 amide bonds. The van der Waals surface area contributed by atoms with Crippen molar-refractivity contribution in [2.45, 2.75) is 0 Å². The van der Waals surface area contributed by atoms with Crippen LogP contribution in [0.1, 0.15) is 0 Å². The van der Waals surface area contributed by atoms with Crippen molar-refractivity contribution in [3.05, 3.63) is 40.8 Å². The van der Waals surface area contributed by atoms with E-state index in [1.165, 1.54) is 0 Å². The molecule has 1 aromatic heterocycles. The summed E-state index contributed by atoms with van der Waals surface area (Å²) in [4.78, 5) is 13.8. The topological polar surface area (TPSA) is 77.3 Å². The lowest BCUT2D eigenvalue weighted by Gasteiger charge is -2.09. The molecule has 5 nitrogen and oxygen atoms in total. The highest BCUT2D eigenvalue weighted by atomic mass is 16.5. The highest BCUT2D eigenvalue weighted by Crippen LogP contribution is 2.32. The van der Waals surface area contributed by atoms with Gasteiger partial charge in [-0.1, -0.05) is 6.07 Å². The number of aromatic amines is 1. The Balaban J connectivity index is 2.50. The summed E-state index contributed by atoms with van der Waals surface area (Å²) < 4.78 is 10.4. The Labute approximate surface area is 104 Å². The van der Waals surface area contributed by atoms with Crippen molar-refractivity contribution in [3.63, 3.8) is 0 Å². The van der Waals surface area contributed by atoms with Crippen LogP contribution >= 0.6 is 0 Å². The van der Waals surface area contributed by atoms with Crippen LogP contribution in [0.15, 0.2) is 35.3 Å². The summed E-state index contributed by atoms with van der Waals surface area (Å²) in [7, 11) is 3.15. The number of nitrogens with one attached hydrogen (secondary N) is 1. The molecule has 0 radical (unpaired) electrons. The fourth-order valence-corrected chi connectivity index (χ4v) is 1.68. The number of ether oxygens (including phenoxy) is 2. The first kappa shape index (κ1) is 12.0. The Bertz CT molecular complexity index is 620. The van der Waals surface area contributed by atoms with Gasteiger partial charge in [0.1, 0.15) is 0 Å². The fraction of sp³-hybridized carbons (Fsp3) is 0.154. The van der Waals surface area contributed by atoms with Gasteiger partial charge in [-0.3, -0.25) is 4.79 Å². The van der Waals surface area contributed by atoms with Gasteiger partial charge in [0.25, 0.3) is 5.56 Å². The summed E-state index contributed by atoms with van der Waals surface area (Å²) in [6.45, 7) is 0. The minimum atomic E-state index is -0.292. The summed E-state index contributed by atoms with van der Waals surface area (Å²) in [6.07, 6.45) is 1.61. The predicted molar refractivity (Wildman–Crippen MR) is 70.0 cm³/mol. The van der Waals surface area contributed by atoms with E-state index in [0.717, 1.165) is 11.1 Å². The van der Waals surface area contributed by atoms with Gasteiger partial charge in [0.15, 0.2) is 11.5 Å². The smallest absolute Gasteiger partial charge is 0.271 e. The lowest BCUT2D eigenvalue weighted by molar-refractivity contribution is 0.355. The number of methoxy groups -OCH3 is 2. The number of anilines is 1. The zero-order valence-corrected chi connectivity index (χ0v) is 10.2. The molecule has 1 heterocycles. The molecule has 2 aromatic rings. The van der Waals surface area contributed by atoms with Crippen molar-refractivity contribution in [3.8, 4) is 22.6 Å². The Morgan fingerprint density at radius 1 is 1.06 bits per heavy atom. The summed E-state index contributed by atoms with van der Waals surface area (Å²) in [6, 6.07) is 7.12. The van der Waals surface area contributed by atoms with Crippen LogP contribution < -0.4 is 20.8 Å². The number of aromatic nitrogens is 1. The number of nitrogen functional groups attached to an aromatic ring is 1. The molecule has 0 spiro atoms. The van der Waals surface area contributed by atoms with Crippen LogP contribution in [0.5, 0.6) is 11.5 Å². The van der Waals surface area contributed by atoms with E-state index in [1.54, 1.807) is 32.5 Å². The summed E-state index contributed by atoms with van der Waals surface area (Å²) in [5, 5.41) is 0. The summed E-state index contributed by atoms with van der Waals surface area (Å²) in [5.41, 5.74) is 7.17. The minimum Gasteiger partial charge on any atom is -0.493 e. The minimum absolute atomic E-state index is 0.183. The number of nitrogens with two attached hydrogens (primary N) is 1. The molecule has 0 aliphatic rings. The Kier molecular flexibility index (Phi) is 3.23. The lowest BCUT2D eigenvalue weighted by Crippen LogP contribution is -2.10. The van der Waals surface area contributed by atoms with Gasteiger partial charge in [0.2, 0.25) is 0 Å². The van der Waals surface area contributed by atoms with Gasteiger partial charge in [0, 0.05) is 11.8 Å². The molecule has 0 fully saturated rings. The number of pyridine rings is 1. The van der Waals surface area contributed by atoms with Crippen LogP contribution in [0.25, 0.3) is 11.1 Å². The second kappa shape index (κ2) is 4.83. The first-order valence-corrected chi connectivity index (χ1v) is 5.36. The molecule has 3 N–H and O–H groups in total. The zero-order chi connectivity index (χ0) is 13.1. The molecule has 5 heteroatoms. The normalized spacial score (nSPS) is 10.1. The average molecular weight is 246 g/mol. The monoisotopic (exact) mass is 246 g/mol. The molecule has 0 unspecified atom stereocenters. The van der Waals surface area contributed by atoms with E-state index in [-0.39, 0.29) is 11.2 Å². The maximum atomic E-state index is 11.2. The van der Waals surface area contributed by atoms with Gasteiger partial charge in [-0.2, -0.15) is 0 Å². The molecule has 94 valence electrons. The Hall–Kier alpha value is -2.43. The van der Waals surface area contributed by atoms with Crippen molar-refractivity contribution in [2.75, 3.05) is 20.0 Å². The first-order chi connectivity index (χ1) is 8.65. The van der Waals surface area contributed by atoms with E-state index < -0.39 is 0 Å². The van der Waals surface area contributed by atoms with E-state index in [1.807, 2.05) is 12.1 Å². The molecule has 2 rings (SSSR count). The third-order valence-electron chi connectivity index (χ3n) is 2.65. The van der Waals surface area contributed by atoms with E-state index in [2.05, 4.69) is 4.98 Å². The molecule has 0 saturated carbocycles. The van der Waals surface area contributed by atoms with Gasteiger partial charge >= 0.3 is 0 Å². The van der Waals surface area contributed by atoms with Crippen LogP contribution in [0.4, 0.5) is 5.69 Å². The van der Waals surface area contributed by atoms with Crippen molar-refractivity contribution >= 4 is 5.69 Å². The maximum Gasteiger partial charge on any atom is 0.271 e. The largest absolute Gasteiger partial charge is 0.493 e. The Morgan fingerprint density at radius 2 is 1.78 bits per heavy atom. The van der Waals surface area contributed by atoms with Crippen molar-refractivity contribution in [1.29, 1.82) is 0 Å². The fourth-order valence-electron chi connectivity index (χ4n) is 1.68. The van der Waals surface area contributed by atoms with E-state index >= 15 is 0 Å². The van der Waals surface area contributed by atoms with Crippen LogP contribution in [-0.4, -0.2) is 19.2 Å². The highest BCUT2D eigenvalue weighted by molar-refractivity contribution is 5.68. The molecular weight excluding hydrogens is 232 g/mol. The van der Waals surface area contributed by atoms with E-state index in [9.17, 15) is 4.79 Å². The maximum absolute atomic E-state index is 11.2. The average Bonchev–Trinajstić information content (AvgIpc) is 2.41. The molecular formula is C13H14N2O3. The van der Waals surface area contributed by atoms with Crippen LogP contribution in [0, 0.1) is 0 Å². The molecule has 0 aliphatic carbocycles. The van der Waals surface area contributed by atoms with Crippen LogP contribution in [0.3, 0.4) is 0 Å². The second-order valence-electron chi connectivity index (χ2n) is 3.74. The SMILES string of the molecule is COc1ccc(-c2c[nH]c(=O)c(N)c2)cc1OC. The summed E-state index contributed by atoms with van der Waals surface area (Å²) in [5.74, 6) is 1.28. The Morgan fingerprint density at radius 3 is 2.39 bits per heavy atom. The first-order valence-electron chi connectivity index (χ1n) is 5.36. The number of hydrogen-bond donors (Lipinski definition) is 2. The lowest BCUT2D eigenvalue weighted by atomic mass is 10.1. The van der Waals surface area contributed by atoms with Gasteiger partial charge in [-0.05, 0) is 23.8 Å². The van der Waals surface area contributed by atoms with Crippen LogP contribution in [0.2, 0.25) is 0 Å². The van der Waals surface area contributed by atoms with E-state index in [4.69, 9.17) is 15.2 Å². The number of benzene rings is 1. The standard InChI is InChI=1S/C13H14N2O3/c1-17-11-4-3-8(6-12(11)18-2)9-5-10(14)13(16)15-7-9/h3-7H,14H2,1-2H3,(H,15,16). The third kappa shape index (κ3) is 2.15. The van der Waals surface area contributed by atoms with Gasteiger partial charge in [-0.25, -0.2) is 0 Å². The van der Waals surface area contributed by atoms with Gasteiger partial charge < -0.3 is 20.2 Å². The van der Waals surface area contributed by atoms with Crippen molar-refractivity contribution in [2.24, 2.45) is 0 Å². The zero-order valence-electron chi connectivity index (χ0n) is 10.2. The second-order valence-corrected chi connectivity index (χ2v) is 3.74. The van der Waals surface area contributed by atoms with Crippen molar-refractivity contribution in [1.82, 2.24) is 4.98 Å². The van der Waals surface area contributed by atoms with Crippen molar-refractivity contribution < 1.29 is 9.47 Å². The number of hydrogen-bond acceptors (Lipinski definition) is 4. The molecule has 18 heavy (non-hydrogen) atoms. The predicted octanol–water partition coefficient (Wildman–Crippen LogP) is 1.64. The molecule has 1 aromatic carbocycles. The molecule has 0 bridgehead atoms. The molecule has 0 aliphatic heterocycles.